The van der Waals surface area contributed by atoms with Crippen LogP contribution < -0.4 is 4.74 Å². The molecule has 5 aromatic heterocycles. The van der Waals surface area contributed by atoms with Crippen LogP contribution >= 0.6 is 0 Å². The van der Waals surface area contributed by atoms with Gasteiger partial charge in [0.2, 0.25) is 0 Å². The van der Waals surface area contributed by atoms with Gasteiger partial charge in [0.25, 0.3) is 0 Å². The van der Waals surface area contributed by atoms with Gasteiger partial charge in [0.15, 0.2) is 0 Å². The molecule has 0 radical (unpaired) electrons. The minimum Gasteiger partial charge on any atom is -0.457 e. The molecule has 10 aromatic rings. The zero-order chi connectivity index (χ0) is 40.7. The number of ether oxygens (including phenoxy) is 1. The Bertz CT molecular complexity index is 3000. The monoisotopic (exact) mass is 771 g/mol. The van der Waals surface area contributed by atoms with Gasteiger partial charge < -0.3 is 4.74 Å². The molecule has 0 bridgehead atoms. The summed E-state index contributed by atoms with van der Waals surface area (Å²) < 4.78 is 11.5. The van der Waals surface area contributed by atoms with Gasteiger partial charge in [-0.05, 0) is 105 Å². The molecule has 59 heavy (non-hydrogen) atoms. The molecule has 6 nitrogen and oxygen atoms in total. The lowest BCUT2D eigenvalue weighted by molar-refractivity contribution is 0.484. The van der Waals surface area contributed by atoms with Crippen LogP contribution in [0.5, 0.6) is 11.5 Å². The van der Waals surface area contributed by atoms with Crippen molar-refractivity contribution in [1.82, 2.24) is 23.8 Å². The third-order valence-electron chi connectivity index (χ3n) is 12.2. The molecule has 0 aliphatic heterocycles. The van der Waals surface area contributed by atoms with E-state index in [2.05, 4.69) is 185 Å². The maximum atomic E-state index is 6.81. The summed E-state index contributed by atoms with van der Waals surface area (Å²) in [5, 5.41) is 6.54. The van der Waals surface area contributed by atoms with E-state index in [1.165, 1.54) is 38.8 Å². The summed E-state index contributed by atoms with van der Waals surface area (Å²) in [6.45, 7) is 18.2. The number of imidazole rings is 2. The van der Waals surface area contributed by atoms with E-state index in [1.807, 2.05) is 12.4 Å². The number of benzene rings is 5. The Morgan fingerprint density at radius 1 is 0.424 bits per heavy atom. The lowest BCUT2D eigenvalue weighted by Gasteiger charge is -2.20. The first-order valence-electron chi connectivity index (χ1n) is 21.0. The van der Waals surface area contributed by atoms with Gasteiger partial charge in [-0.3, -0.25) is 13.8 Å². The summed E-state index contributed by atoms with van der Waals surface area (Å²) in [6, 6.07) is 37.0. The van der Waals surface area contributed by atoms with Crippen molar-refractivity contribution in [2.45, 2.75) is 79.1 Å². The SMILES string of the molecule is CC(C)c1cccc(C(C)C)c1-c1cnc2c3cc(Oc4ccc5c6cnccc6n6c(-c7c(C(C)C)cccc7C(C)C)cnc6c5c4)ccc3c3ccccc3n12. The number of hydrogen-bond donors (Lipinski definition) is 0. The third-order valence-corrected chi connectivity index (χ3v) is 12.2. The van der Waals surface area contributed by atoms with E-state index in [0.29, 0.717) is 23.7 Å². The lowest BCUT2D eigenvalue weighted by atomic mass is 9.87. The standard InChI is InChI=1S/C53H49N5O/c1-30(2)36-14-11-15-37(31(3)4)50(36)48-28-55-52-43-25-34(19-21-40(43)42-13-9-10-18-46(42)57(48)52)59-35-20-22-41-44(26-35)53-56-29-49(58(53)47-23-24-54-27-45(41)47)51-38(32(5)6)16-12-17-39(51)33(7)8/h9-33H,1-8H3. The van der Waals surface area contributed by atoms with Gasteiger partial charge in [0, 0.05) is 45.1 Å². The van der Waals surface area contributed by atoms with Crippen LogP contribution in [-0.4, -0.2) is 23.8 Å². The van der Waals surface area contributed by atoms with Crippen molar-refractivity contribution in [3.8, 4) is 34.0 Å². The molecule has 0 amide bonds. The quantitative estimate of drug-likeness (QED) is 0.144. The Hall–Kier alpha value is -6.53. The molecule has 0 fully saturated rings. The van der Waals surface area contributed by atoms with Crippen LogP contribution in [0.4, 0.5) is 0 Å². The maximum absolute atomic E-state index is 6.81. The predicted molar refractivity (Wildman–Crippen MR) is 246 cm³/mol. The fraction of sp³-hybridized carbons (Fsp3) is 0.226. The van der Waals surface area contributed by atoms with Crippen LogP contribution in [0.1, 0.15) is 101 Å². The molecule has 0 aliphatic rings. The van der Waals surface area contributed by atoms with Crippen LogP contribution in [0.15, 0.2) is 128 Å². The highest BCUT2D eigenvalue weighted by molar-refractivity contribution is 6.14. The summed E-state index contributed by atoms with van der Waals surface area (Å²) in [4.78, 5) is 14.9. The van der Waals surface area contributed by atoms with Gasteiger partial charge >= 0.3 is 0 Å². The van der Waals surface area contributed by atoms with Crippen molar-refractivity contribution < 1.29 is 4.74 Å². The van der Waals surface area contributed by atoms with E-state index in [1.54, 1.807) is 0 Å². The maximum Gasteiger partial charge on any atom is 0.145 e. The molecule has 292 valence electrons. The number of para-hydroxylation sites is 1. The molecule has 6 heteroatoms. The van der Waals surface area contributed by atoms with Crippen molar-refractivity contribution in [1.29, 1.82) is 0 Å². The normalized spacial score (nSPS) is 12.3. The minimum atomic E-state index is 0.353. The highest BCUT2D eigenvalue weighted by Crippen LogP contribution is 2.43. The largest absolute Gasteiger partial charge is 0.457 e. The van der Waals surface area contributed by atoms with E-state index in [4.69, 9.17) is 14.7 Å². The zero-order valence-electron chi connectivity index (χ0n) is 35.1. The molecule has 0 N–H and O–H groups in total. The molecule has 0 saturated carbocycles. The number of pyridine rings is 3. The fourth-order valence-corrected chi connectivity index (χ4v) is 9.45. The zero-order valence-corrected chi connectivity index (χ0v) is 35.1. The van der Waals surface area contributed by atoms with E-state index in [0.717, 1.165) is 72.1 Å². The number of hydrogen-bond acceptors (Lipinski definition) is 4. The second-order valence-corrected chi connectivity index (χ2v) is 17.3. The average molecular weight is 772 g/mol. The first-order chi connectivity index (χ1) is 28.6. The van der Waals surface area contributed by atoms with Gasteiger partial charge in [-0.1, -0.05) is 110 Å². The van der Waals surface area contributed by atoms with Crippen LogP contribution in [0.2, 0.25) is 0 Å². The summed E-state index contributed by atoms with van der Waals surface area (Å²) in [6.07, 6.45) is 7.97. The van der Waals surface area contributed by atoms with Gasteiger partial charge in [0.1, 0.15) is 22.8 Å². The molecular weight excluding hydrogens is 723 g/mol. The smallest absolute Gasteiger partial charge is 0.145 e. The van der Waals surface area contributed by atoms with Crippen molar-refractivity contribution in [3.05, 3.63) is 150 Å². The van der Waals surface area contributed by atoms with Crippen LogP contribution in [0.3, 0.4) is 0 Å². The first kappa shape index (κ1) is 36.8. The lowest BCUT2D eigenvalue weighted by Crippen LogP contribution is -2.02. The van der Waals surface area contributed by atoms with E-state index in [-0.39, 0.29) is 0 Å². The van der Waals surface area contributed by atoms with Gasteiger partial charge in [0.05, 0.1) is 34.8 Å². The fourth-order valence-electron chi connectivity index (χ4n) is 9.45. The Labute approximate surface area is 345 Å². The van der Waals surface area contributed by atoms with Crippen molar-refractivity contribution >= 4 is 54.6 Å². The number of nitrogens with zero attached hydrogens (tertiary/aromatic N) is 5. The van der Waals surface area contributed by atoms with Crippen molar-refractivity contribution in [2.75, 3.05) is 0 Å². The molecule has 5 heterocycles. The molecule has 0 spiro atoms. The first-order valence-corrected chi connectivity index (χ1v) is 21.0. The predicted octanol–water partition coefficient (Wildman–Crippen LogP) is 14.6. The number of rotatable bonds is 8. The van der Waals surface area contributed by atoms with Gasteiger partial charge in [-0.25, -0.2) is 9.97 Å². The molecule has 0 aliphatic carbocycles. The molecular formula is C53H49N5O. The number of aromatic nitrogens is 5. The van der Waals surface area contributed by atoms with Crippen molar-refractivity contribution in [2.24, 2.45) is 0 Å². The van der Waals surface area contributed by atoms with Crippen LogP contribution in [0, 0.1) is 0 Å². The Kier molecular flexibility index (Phi) is 8.78. The Morgan fingerprint density at radius 2 is 0.881 bits per heavy atom. The summed E-state index contributed by atoms with van der Waals surface area (Å²) in [5.41, 5.74) is 14.1. The van der Waals surface area contributed by atoms with E-state index >= 15 is 0 Å². The van der Waals surface area contributed by atoms with Crippen molar-refractivity contribution in [3.63, 3.8) is 0 Å². The third kappa shape index (κ3) is 5.79. The van der Waals surface area contributed by atoms with E-state index in [9.17, 15) is 0 Å². The molecule has 10 rings (SSSR count). The molecule has 0 saturated heterocycles. The Balaban J connectivity index is 1.15. The topological polar surface area (TPSA) is 56.7 Å². The summed E-state index contributed by atoms with van der Waals surface area (Å²) in [5.74, 6) is 2.92. The van der Waals surface area contributed by atoms with E-state index < -0.39 is 0 Å². The minimum absolute atomic E-state index is 0.353. The molecule has 0 atom stereocenters. The van der Waals surface area contributed by atoms with Gasteiger partial charge in [-0.2, -0.15) is 0 Å². The summed E-state index contributed by atoms with van der Waals surface area (Å²) >= 11 is 0. The van der Waals surface area contributed by atoms with Gasteiger partial charge in [-0.15, -0.1) is 0 Å². The number of fused-ring (bicyclic) bond motifs is 12. The second kappa shape index (κ2) is 14.1. The van der Waals surface area contributed by atoms with Crippen LogP contribution in [0.25, 0.3) is 77.2 Å². The average Bonchev–Trinajstić information content (AvgIpc) is 3.89. The second-order valence-electron chi connectivity index (χ2n) is 17.3. The molecule has 0 unspecified atom stereocenters. The summed E-state index contributed by atoms with van der Waals surface area (Å²) in [7, 11) is 0. The Morgan fingerprint density at radius 3 is 1.37 bits per heavy atom. The molecule has 5 aromatic carbocycles. The highest BCUT2D eigenvalue weighted by atomic mass is 16.5. The van der Waals surface area contributed by atoms with Crippen LogP contribution in [-0.2, 0) is 0 Å². The highest BCUT2D eigenvalue weighted by Gasteiger charge is 2.24.